The number of hydrogen-bond acceptors (Lipinski definition) is 0. The Balaban J connectivity index is 4.41. The van der Waals surface area contributed by atoms with E-state index in [4.69, 9.17) is 0 Å². The number of rotatable bonds is 11. The maximum absolute atomic E-state index is 3.93. The van der Waals surface area contributed by atoms with E-state index >= 15 is 0 Å². The molecule has 0 aliphatic carbocycles. The van der Waals surface area contributed by atoms with Crippen molar-refractivity contribution in [3.8, 4) is 0 Å². The second-order valence-electron chi connectivity index (χ2n) is 6.33. The van der Waals surface area contributed by atoms with E-state index in [9.17, 15) is 0 Å². The van der Waals surface area contributed by atoms with Gasteiger partial charge >= 0.3 is 0 Å². The van der Waals surface area contributed by atoms with Crippen LogP contribution in [-0.2, 0) is 0 Å². The van der Waals surface area contributed by atoms with E-state index in [0.29, 0.717) is 0 Å². The van der Waals surface area contributed by atoms with Crippen LogP contribution in [0.1, 0.15) is 66.2 Å². The fourth-order valence-electron chi connectivity index (χ4n) is 2.14. The van der Waals surface area contributed by atoms with E-state index in [1.54, 1.807) is 0 Å². The highest BCUT2D eigenvalue weighted by molar-refractivity contribution is 5.18. The summed E-state index contributed by atoms with van der Waals surface area (Å²) in [4.78, 5) is 0. The monoisotopic (exact) mass is 286 g/mol. The van der Waals surface area contributed by atoms with Gasteiger partial charge in [-0.05, 0) is 58.3 Å². The Bertz CT molecular complexity index is 384. The number of hydrogen-bond donors (Lipinski definition) is 0. The maximum atomic E-state index is 3.93. The zero-order chi connectivity index (χ0) is 16.1. The van der Waals surface area contributed by atoms with E-state index in [0.717, 1.165) is 44.4 Å². The molecule has 0 atom stereocenters. The highest BCUT2D eigenvalue weighted by Crippen LogP contribution is 2.16. The van der Waals surface area contributed by atoms with Crippen LogP contribution in [0, 0.1) is 5.92 Å². The van der Waals surface area contributed by atoms with Crippen molar-refractivity contribution in [2.45, 2.75) is 66.2 Å². The summed E-state index contributed by atoms with van der Waals surface area (Å²) in [6.07, 6.45) is 17.7. The molecule has 0 aromatic heterocycles. The minimum Gasteiger partial charge on any atom is -0.103 e. The molecule has 0 rings (SSSR count). The van der Waals surface area contributed by atoms with Gasteiger partial charge in [0.1, 0.15) is 0 Å². The normalized spacial score (nSPS) is 12.4. The quantitative estimate of drug-likeness (QED) is 0.279. The Hall–Kier alpha value is -1.30. The van der Waals surface area contributed by atoms with Gasteiger partial charge in [0.25, 0.3) is 0 Å². The largest absolute Gasteiger partial charge is 0.103 e. The molecule has 0 spiro atoms. The third-order valence-corrected chi connectivity index (χ3v) is 3.40. The lowest BCUT2D eigenvalue weighted by Crippen LogP contribution is -1.87. The van der Waals surface area contributed by atoms with Gasteiger partial charge in [0.05, 0.1) is 0 Å². The smallest absolute Gasteiger partial charge is 0.0141 e. The van der Waals surface area contributed by atoms with Gasteiger partial charge in [-0.25, -0.2) is 0 Å². The maximum Gasteiger partial charge on any atom is -0.0141 e. The summed E-state index contributed by atoms with van der Waals surface area (Å²) in [5.74, 6) is 0.718. The molecule has 21 heavy (non-hydrogen) atoms. The molecule has 0 amide bonds. The van der Waals surface area contributed by atoms with Crippen molar-refractivity contribution in [1.29, 1.82) is 0 Å². The lowest BCUT2D eigenvalue weighted by molar-refractivity contribution is 0.660. The molecule has 0 heterocycles. The van der Waals surface area contributed by atoms with Crippen LogP contribution < -0.4 is 0 Å². The first-order valence-corrected chi connectivity index (χ1v) is 8.23. The fraction of sp³-hybridized carbons (Fsp3) is 0.524. The third kappa shape index (κ3) is 12.2. The van der Waals surface area contributed by atoms with Crippen LogP contribution in [0.3, 0.4) is 0 Å². The molecule has 0 aliphatic rings. The lowest BCUT2D eigenvalue weighted by Gasteiger charge is -2.06. The van der Waals surface area contributed by atoms with Crippen LogP contribution in [0.2, 0.25) is 0 Å². The third-order valence-electron chi connectivity index (χ3n) is 3.40. The summed E-state index contributed by atoms with van der Waals surface area (Å²) < 4.78 is 0. The molecule has 0 radical (unpaired) electrons. The predicted octanol–water partition coefficient (Wildman–Crippen LogP) is 7.17. The van der Waals surface area contributed by atoms with Crippen LogP contribution in [0.25, 0.3) is 0 Å². The van der Waals surface area contributed by atoms with Gasteiger partial charge < -0.3 is 0 Å². The van der Waals surface area contributed by atoms with E-state index in [-0.39, 0.29) is 0 Å². The number of allylic oxidation sites excluding steroid dienone is 8. The minimum absolute atomic E-state index is 0.718. The summed E-state index contributed by atoms with van der Waals surface area (Å²) in [5, 5.41) is 0. The van der Waals surface area contributed by atoms with Crippen molar-refractivity contribution in [2.24, 2.45) is 5.92 Å². The van der Waals surface area contributed by atoms with Crippen LogP contribution >= 0.6 is 0 Å². The molecular formula is C21H34. The van der Waals surface area contributed by atoms with Gasteiger partial charge in [-0.15, -0.1) is 6.58 Å². The highest BCUT2D eigenvalue weighted by atomic mass is 14.0. The van der Waals surface area contributed by atoms with E-state index in [1.807, 2.05) is 12.2 Å². The molecule has 0 aromatic carbocycles. The zero-order valence-electron chi connectivity index (χ0n) is 14.6. The van der Waals surface area contributed by atoms with Crippen molar-refractivity contribution in [3.05, 3.63) is 60.3 Å². The van der Waals surface area contributed by atoms with Crippen LogP contribution in [0.4, 0.5) is 0 Å². The van der Waals surface area contributed by atoms with Gasteiger partial charge in [0.15, 0.2) is 0 Å². The molecule has 118 valence electrons. The average Bonchev–Trinajstić information content (AvgIpc) is 2.41. The SMILES string of the molecule is C=CC/C(=C\CC/C(C=C)=C/CC(C)C)CCC=C(C)C. The molecule has 0 heteroatoms. The molecule has 0 nitrogen and oxygen atoms in total. The average molecular weight is 287 g/mol. The summed E-state index contributed by atoms with van der Waals surface area (Å²) in [6, 6.07) is 0. The topological polar surface area (TPSA) is 0 Å². The molecule has 0 unspecified atom stereocenters. The molecule has 0 aliphatic heterocycles. The van der Waals surface area contributed by atoms with Gasteiger partial charge in [-0.1, -0.05) is 67.5 Å². The Labute approximate surface area is 133 Å². The second-order valence-corrected chi connectivity index (χ2v) is 6.33. The van der Waals surface area contributed by atoms with E-state index in [2.05, 4.69) is 59.1 Å². The molecule has 0 bridgehead atoms. The van der Waals surface area contributed by atoms with Gasteiger partial charge in [0.2, 0.25) is 0 Å². The van der Waals surface area contributed by atoms with Crippen molar-refractivity contribution >= 4 is 0 Å². The van der Waals surface area contributed by atoms with Crippen molar-refractivity contribution in [1.82, 2.24) is 0 Å². The summed E-state index contributed by atoms with van der Waals surface area (Å²) in [7, 11) is 0. The molecule has 0 N–H and O–H groups in total. The summed E-state index contributed by atoms with van der Waals surface area (Å²) >= 11 is 0. The lowest BCUT2D eigenvalue weighted by atomic mass is 10.0. The fourth-order valence-corrected chi connectivity index (χ4v) is 2.14. The summed E-state index contributed by atoms with van der Waals surface area (Å²) in [5.41, 5.74) is 4.29. The van der Waals surface area contributed by atoms with Crippen LogP contribution in [-0.4, -0.2) is 0 Å². The Morgan fingerprint density at radius 3 is 2.14 bits per heavy atom. The molecule has 0 saturated carbocycles. The Morgan fingerprint density at radius 2 is 1.62 bits per heavy atom. The second kappa shape index (κ2) is 12.4. The molecule has 0 saturated heterocycles. The van der Waals surface area contributed by atoms with Crippen molar-refractivity contribution < 1.29 is 0 Å². The molecule has 0 aromatic rings. The molecule has 0 fully saturated rings. The van der Waals surface area contributed by atoms with E-state index in [1.165, 1.54) is 16.7 Å². The first-order valence-electron chi connectivity index (χ1n) is 8.23. The highest BCUT2D eigenvalue weighted by Gasteiger charge is 1.97. The minimum atomic E-state index is 0.718. The Kier molecular flexibility index (Phi) is 11.7. The standard InChI is InChI=1S/C21H34/c1-7-11-21(14-9-12-18(3)4)15-10-13-20(8-2)17-16-19(5)6/h7-8,12,15,17,19H,1-2,9-11,13-14,16H2,3-6H3/b20-17+,21-15+. The zero-order valence-corrected chi connectivity index (χ0v) is 14.6. The first-order chi connectivity index (χ1) is 9.99. The van der Waals surface area contributed by atoms with Gasteiger partial charge in [-0.2, -0.15) is 0 Å². The Morgan fingerprint density at radius 1 is 0.952 bits per heavy atom. The van der Waals surface area contributed by atoms with Gasteiger partial charge in [0, 0.05) is 0 Å². The van der Waals surface area contributed by atoms with E-state index < -0.39 is 0 Å². The van der Waals surface area contributed by atoms with Crippen LogP contribution in [0.15, 0.2) is 60.3 Å². The predicted molar refractivity (Wildman–Crippen MR) is 98.5 cm³/mol. The van der Waals surface area contributed by atoms with Crippen LogP contribution in [0.5, 0.6) is 0 Å². The summed E-state index contributed by atoms with van der Waals surface area (Å²) in [6.45, 7) is 16.6. The van der Waals surface area contributed by atoms with Crippen molar-refractivity contribution in [3.63, 3.8) is 0 Å². The van der Waals surface area contributed by atoms with Gasteiger partial charge in [-0.3, -0.25) is 0 Å². The first kappa shape index (κ1) is 19.7. The van der Waals surface area contributed by atoms with Crippen molar-refractivity contribution in [2.75, 3.05) is 0 Å². The molecular weight excluding hydrogens is 252 g/mol.